The summed E-state index contributed by atoms with van der Waals surface area (Å²) in [4.78, 5) is 6.86. The van der Waals surface area contributed by atoms with Crippen molar-refractivity contribution in [2.75, 3.05) is 7.11 Å². The molecule has 6 nitrogen and oxygen atoms in total. The van der Waals surface area contributed by atoms with E-state index in [1.54, 1.807) is 7.11 Å². The molecule has 4 aromatic rings. The summed E-state index contributed by atoms with van der Waals surface area (Å²) in [5.41, 5.74) is 4.55. The summed E-state index contributed by atoms with van der Waals surface area (Å²) in [6.07, 6.45) is 2.92. The number of H-pyrrole nitrogens is 2. The number of benzene rings is 2. The van der Waals surface area contributed by atoms with Crippen LogP contribution in [-0.2, 0) is 18.9 Å². The van der Waals surface area contributed by atoms with E-state index in [-0.39, 0.29) is 24.2 Å². The quantitative estimate of drug-likeness (QED) is 0.505. The molecule has 2 N–H and O–H groups in total. The van der Waals surface area contributed by atoms with Gasteiger partial charge in [0.05, 0.1) is 0 Å². The van der Waals surface area contributed by atoms with Crippen LogP contribution in [0.15, 0.2) is 60.9 Å². The fraction of sp³-hybridized carbons (Fsp3) is 0.360. The lowest BCUT2D eigenvalue weighted by atomic mass is 9.83. The second kappa shape index (κ2) is 6.93. The molecule has 31 heavy (non-hydrogen) atoms. The van der Waals surface area contributed by atoms with Crippen molar-refractivity contribution in [1.29, 1.82) is 0 Å². The number of fused-ring (bicyclic) bond motifs is 3. The van der Waals surface area contributed by atoms with Crippen molar-refractivity contribution >= 4 is 21.8 Å². The molecule has 0 unspecified atom stereocenters. The van der Waals surface area contributed by atoms with Gasteiger partial charge in [0.25, 0.3) is 0 Å². The van der Waals surface area contributed by atoms with E-state index in [2.05, 4.69) is 58.8 Å². The number of ether oxygens (including phenoxy) is 4. The van der Waals surface area contributed by atoms with Gasteiger partial charge < -0.3 is 28.9 Å². The predicted molar refractivity (Wildman–Crippen MR) is 118 cm³/mol. The van der Waals surface area contributed by atoms with Crippen molar-refractivity contribution in [3.05, 3.63) is 72.1 Å². The molecule has 0 bridgehead atoms. The fourth-order valence-electron chi connectivity index (χ4n) is 5.26. The molecule has 0 amide bonds. The first-order valence-electron chi connectivity index (χ1n) is 10.7. The van der Waals surface area contributed by atoms with Gasteiger partial charge in [0.15, 0.2) is 12.1 Å². The normalized spacial score (nSPS) is 27.5. The highest BCUT2D eigenvalue weighted by Gasteiger charge is 2.57. The molecule has 2 aromatic heterocycles. The second-order valence-electron chi connectivity index (χ2n) is 8.83. The first-order valence-corrected chi connectivity index (χ1v) is 10.7. The highest BCUT2D eigenvalue weighted by Crippen LogP contribution is 2.47. The van der Waals surface area contributed by atoms with Crippen molar-refractivity contribution in [3.63, 3.8) is 0 Å². The van der Waals surface area contributed by atoms with Crippen molar-refractivity contribution in [3.8, 4) is 0 Å². The van der Waals surface area contributed by atoms with Gasteiger partial charge in [-0.2, -0.15) is 0 Å². The van der Waals surface area contributed by atoms with E-state index >= 15 is 0 Å². The van der Waals surface area contributed by atoms with Crippen LogP contribution in [0.5, 0.6) is 0 Å². The van der Waals surface area contributed by atoms with Crippen LogP contribution >= 0.6 is 0 Å². The third-order valence-electron chi connectivity index (χ3n) is 6.54. The average Bonchev–Trinajstić information content (AvgIpc) is 3.50. The molecule has 2 aliphatic rings. The van der Waals surface area contributed by atoms with Crippen molar-refractivity contribution in [1.82, 2.24) is 9.97 Å². The Morgan fingerprint density at radius 3 is 2.03 bits per heavy atom. The van der Waals surface area contributed by atoms with Crippen LogP contribution < -0.4 is 0 Å². The van der Waals surface area contributed by atoms with E-state index in [9.17, 15) is 0 Å². The summed E-state index contributed by atoms with van der Waals surface area (Å²) in [7, 11) is 1.72. The Bertz CT molecular complexity index is 1170. The highest BCUT2D eigenvalue weighted by molar-refractivity contribution is 5.88. The monoisotopic (exact) mass is 418 g/mol. The molecule has 4 heterocycles. The van der Waals surface area contributed by atoms with E-state index in [0.717, 1.165) is 11.0 Å². The maximum absolute atomic E-state index is 6.53. The number of para-hydroxylation sites is 2. The Hall–Kier alpha value is -2.64. The van der Waals surface area contributed by atoms with E-state index in [1.807, 2.05) is 26.0 Å². The van der Waals surface area contributed by atoms with Crippen LogP contribution in [0.25, 0.3) is 21.8 Å². The molecule has 0 radical (unpaired) electrons. The number of aromatic nitrogens is 2. The molecule has 2 fully saturated rings. The van der Waals surface area contributed by atoms with Crippen molar-refractivity contribution in [2.45, 2.75) is 50.2 Å². The van der Waals surface area contributed by atoms with Crippen molar-refractivity contribution in [2.24, 2.45) is 0 Å². The molecule has 0 aliphatic carbocycles. The van der Waals surface area contributed by atoms with Gasteiger partial charge in [-0.3, -0.25) is 0 Å². The lowest BCUT2D eigenvalue weighted by Gasteiger charge is -2.30. The molecule has 160 valence electrons. The number of rotatable bonds is 4. The SMILES string of the molecule is CO[C@H]1[C@H]2OC(C)(C)O[C@H]2O[C@@H]1C(c1c[nH]c2ccccc12)c1c[nH]c2ccccc12. The van der Waals surface area contributed by atoms with Crippen LogP contribution in [0, 0.1) is 0 Å². The molecule has 0 saturated carbocycles. The van der Waals surface area contributed by atoms with Gasteiger partial charge >= 0.3 is 0 Å². The van der Waals surface area contributed by atoms with E-state index in [0.29, 0.717) is 0 Å². The molecular formula is C25H26N2O4. The fourth-order valence-corrected chi connectivity index (χ4v) is 5.26. The Kier molecular flexibility index (Phi) is 4.27. The summed E-state index contributed by atoms with van der Waals surface area (Å²) in [5, 5.41) is 2.35. The first-order chi connectivity index (χ1) is 15.1. The van der Waals surface area contributed by atoms with Crippen LogP contribution in [0.4, 0.5) is 0 Å². The summed E-state index contributed by atoms with van der Waals surface area (Å²) in [5.74, 6) is -0.758. The minimum Gasteiger partial charge on any atom is -0.376 e. The molecule has 6 heteroatoms. The van der Waals surface area contributed by atoms with Gasteiger partial charge in [0, 0.05) is 47.2 Å². The Balaban J connectivity index is 1.52. The Morgan fingerprint density at radius 2 is 1.45 bits per heavy atom. The first kappa shape index (κ1) is 19.1. The number of hydrogen-bond acceptors (Lipinski definition) is 4. The Labute approximate surface area is 180 Å². The third kappa shape index (κ3) is 2.94. The van der Waals surface area contributed by atoms with Gasteiger partial charge in [0.2, 0.25) is 0 Å². The number of methoxy groups -OCH3 is 1. The number of nitrogens with one attached hydrogen (secondary N) is 2. The van der Waals surface area contributed by atoms with Crippen LogP contribution in [0.2, 0.25) is 0 Å². The van der Waals surface area contributed by atoms with E-state index in [1.165, 1.54) is 21.9 Å². The molecular weight excluding hydrogens is 392 g/mol. The van der Waals surface area contributed by atoms with Crippen LogP contribution in [0.3, 0.4) is 0 Å². The van der Waals surface area contributed by atoms with Gasteiger partial charge in [-0.15, -0.1) is 0 Å². The molecule has 2 saturated heterocycles. The standard InChI is InChI=1S/C25H26N2O4/c1-25(2)30-23-22(28-3)21(29-24(23)31-25)20(16-12-26-18-10-6-4-8-14(16)18)17-13-27-19-11-7-5-9-15(17)19/h4-13,20-24,26-27H,1-3H3/t21-,22-,23-,24-/m1/s1. The zero-order chi connectivity index (χ0) is 21.2. The van der Waals surface area contributed by atoms with Crippen molar-refractivity contribution < 1.29 is 18.9 Å². The van der Waals surface area contributed by atoms with Crippen LogP contribution in [-0.4, -0.2) is 47.5 Å². The Morgan fingerprint density at radius 1 is 0.871 bits per heavy atom. The van der Waals surface area contributed by atoms with Gasteiger partial charge in [0.1, 0.15) is 18.3 Å². The van der Waals surface area contributed by atoms with Crippen LogP contribution in [0.1, 0.15) is 30.9 Å². The smallest absolute Gasteiger partial charge is 0.190 e. The summed E-state index contributed by atoms with van der Waals surface area (Å²) in [6.45, 7) is 3.82. The summed E-state index contributed by atoms with van der Waals surface area (Å²) < 4.78 is 24.7. The lowest BCUT2D eigenvalue weighted by Crippen LogP contribution is -2.39. The minimum atomic E-state index is -0.686. The van der Waals surface area contributed by atoms with Gasteiger partial charge in [-0.1, -0.05) is 36.4 Å². The second-order valence-corrected chi connectivity index (χ2v) is 8.83. The van der Waals surface area contributed by atoms with Gasteiger partial charge in [-0.05, 0) is 37.1 Å². The lowest BCUT2D eigenvalue weighted by molar-refractivity contribution is -0.217. The average molecular weight is 418 g/mol. The largest absolute Gasteiger partial charge is 0.376 e. The molecule has 0 spiro atoms. The molecule has 4 atom stereocenters. The summed E-state index contributed by atoms with van der Waals surface area (Å²) >= 11 is 0. The number of aromatic amines is 2. The topological polar surface area (TPSA) is 68.5 Å². The third-order valence-corrected chi connectivity index (χ3v) is 6.54. The summed E-state index contributed by atoms with van der Waals surface area (Å²) in [6, 6.07) is 16.7. The van der Waals surface area contributed by atoms with Gasteiger partial charge in [-0.25, -0.2) is 0 Å². The minimum absolute atomic E-state index is 0.0711. The highest BCUT2D eigenvalue weighted by atomic mass is 16.8. The molecule has 2 aliphatic heterocycles. The van der Waals surface area contributed by atoms with E-state index in [4.69, 9.17) is 18.9 Å². The zero-order valence-corrected chi connectivity index (χ0v) is 17.8. The predicted octanol–water partition coefficient (Wildman–Crippen LogP) is 4.67. The number of hydrogen-bond donors (Lipinski definition) is 2. The van der Waals surface area contributed by atoms with E-state index < -0.39 is 12.1 Å². The zero-order valence-electron chi connectivity index (χ0n) is 17.8. The maximum atomic E-state index is 6.53. The molecule has 6 rings (SSSR count). The maximum Gasteiger partial charge on any atom is 0.190 e. The molecule has 2 aromatic carbocycles.